The Labute approximate surface area is 162 Å². The number of carbonyl (C=O) groups excluding carboxylic acids is 2. The minimum atomic E-state index is -0.388. The smallest absolute Gasteiger partial charge is 0.337 e. The standard InChI is InChI=1S/C19H15N3O3S2/c1-3-22-14-7-5-12(18(24)25-2)9-16(14)27-19(22)21-17(23)11-4-6-13-15(8-11)26-10-20-13/h4-10H,3H2,1-2H3. The molecule has 0 atom stereocenters. The molecule has 2 aromatic carbocycles. The fourth-order valence-corrected chi connectivity index (χ4v) is 4.70. The first kappa shape index (κ1) is 17.6. The zero-order valence-electron chi connectivity index (χ0n) is 14.6. The summed E-state index contributed by atoms with van der Waals surface area (Å²) in [6, 6.07) is 10.7. The summed E-state index contributed by atoms with van der Waals surface area (Å²) in [6.07, 6.45) is 0. The third-order valence-corrected chi connectivity index (χ3v) is 6.03. The van der Waals surface area contributed by atoms with Crippen LogP contribution < -0.4 is 4.80 Å². The fraction of sp³-hybridized carbons (Fsp3) is 0.158. The van der Waals surface area contributed by atoms with E-state index in [1.54, 1.807) is 23.7 Å². The molecule has 1 amide bonds. The lowest BCUT2D eigenvalue weighted by atomic mass is 10.2. The number of benzene rings is 2. The molecule has 6 nitrogen and oxygen atoms in total. The van der Waals surface area contributed by atoms with Gasteiger partial charge in [-0.25, -0.2) is 9.78 Å². The Hall–Kier alpha value is -2.84. The molecule has 4 rings (SSSR count). The molecule has 27 heavy (non-hydrogen) atoms. The van der Waals surface area contributed by atoms with Crippen molar-refractivity contribution in [2.24, 2.45) is 4.99 Å². The summed E-state index contributed by atoms with van der Waals surface area (Å²) in [6.45, 7) is 2.66. The van der Waals surface area contributed by atoms with Crippen LogP contribution in [0.3, 0.4) is 0 Å². The highest BCUT2D eigenvalue weighted by Crippen LogP contribution is 2.21. The number of methoxy groups -OCH3 is 1. The van der Waals surface area contributed by atoms with Crippen LogP contribution >= 0.6 is 22.7 Å². The number of thiazole rings is 2. The van der Waals surface area contributed by atoms with Crippen molar-refractivity contribution in [3.63, 3.8) is 0 Å². The van der Waals surface area contributed by atoms with E-state index in [4.69, 9.17) is 4.74 Å². The Morgan fingerprint density at radius 1 is 1.15 bits per heavy atom. The molecule has 136 valence electrons. The number of ether oxygens (including phenoxy) is 1. The molecule has 0 spiro atoms. The van der Waals surface area contributed by atoms with E-state index in [0.29, 0.717) is 22.5 Å². The molecule has 0 aliphatic carbocycles. The molecule has 4 aromatic rings. The Kier molecular flexibility index (Phi) is 4.59. The van der Waals surface area contributed by atoms with Crippen LogP contribution in [0.5, 0.6) is 0 Å². The van der Waals surface area contributed by atoms with Crippen molar-refractivity contribution in [1.82, 2.24) is 9.55 Å². The van der Waals surface area contributed by atoms with Crippen molar-refractivity contribution >= 4 is 55.0 Å². The van der Waals surface area contributed by atoms with Gasteiger partial charge in [0.15, 0.2) is 4.80 Å². The molecule has 0 aliphatic heterocycles. The number of carbonyl (C=O) groups is 2. The maximum atomic E-state index is 12.7. The zero-order chi connectivity index (χ0) is 19.0. The highest BCUT2D eigenvalue weighted by Gasteiger charge is 2.12. The van der Waals surface area contributed by atoms with Crippen molar-refractivity contribution in [3.05, 3.63) is 57.8 Å². The van der Waals surface area contributed by atoms with Crippen LogP contribution in [-0.2, 0) is 11.3 Å². The molecule has 0 bridgehead atoms. The van der Waals surface area contributed by atoms with E-state index in [9.17, 15) is 9.59 Å². The Morgan fingerprint density at radius 3 is 2.70 bits per heavy atom. The summed E-state index contributed by atoms with van der Waals surface area (Å²) in [5.41, 5.74) is 4.56. The topological polar surface area (TPSA) is 73.5 Å². The maximum absolute atomic E-state index is 12.7. The van der Waals surface area contributed by atoms with Gasteiger partial charge in [-0.05, 0) is 43.3 Å². The summed E-state index contributed by atoms with van der Waals surface area (Å²) < 4.78 is 8.57. The summed E-state index contributed by atoms with van der Waals surface area (Å²) in [5.74, 6) is -0.687. The summed E-state index contributed by atoms with van der Waals surface area (Å²) >= 11 is 2.87. The third kappa shape index (κ3) is 3.17. The Bertz CT molecular complexity index is 1250. The zero-order valence-corrected chi connectivity index (χ0v) is 16.3. The molecule has 0 N–H and O–H groups in total. The monoisotopic (exact) mass is 397 g/mol. The van der Waals surface area contributed by atoms with Crippen LogP contribution in [0.15, 0.2) is 46.9 Å². The molecule has 0 unspecified atom stereocenters. The molecule has 0 radical (unpaired) electrons. The average molecular weight is 397 g/mol. The molecule has 2 heterocycles. The maximum Gasteiger partial charge on any atom is 0.337 e. The largest absolute Gasteiger partial charge is 0.465 e. The molecule has 0 saturated carbocycles. The number of hydrogen-bond donors (Lipinski definition) is 0. The van der Waals surface area contributed by atoms with Gasteiger partial charge in [0.05, 0.1) is 38.6 Å². The summed E-state index contributed by atoms with van der Waals surface area (Å²) in [7, 11) is 1.35. The number of aryl methyl sites for hydroxylation is 1. The Balaban J connectivity index is 1.81. The van der Waals surface area contributed by atoms with Gasteiger partial charge < -0.3 is 9.30 Å². The van der Waals surface area contributed by atoms with Crippen molar-refractivity contribution in [1.29, 1.82) is 0 Å². The molecule has 2 aromatic heterocycles. The average Bonchev–Trinajstić information content (AvgIpc) is 3.29. The van der Waals surface area contributed by atoms with Crippen LogP contribution in [0.1, 0.15) is 27.6 Å². The van der Waals surface area contributed by atoms with Gasteiger partial charge in [-0.2, -0.15) is 4.99 Å². The van der Waals surface area contributed by atoms with Crippen molar-refractivity contribution in [2.45, 2.75) is 13.5 Å². The van der Waals surface area contributed by atoms with Crippen LogP contribution in [-0.4, -0.2) is 28.5 Å². The SMILES string of the molecule is CCn1c(=NC(=O)c2ccc3ncsc3c2)sc2cc(C(=O)OC)ccc21. The highest BCUT2D eigenvalue weighted by atomic mass is 32.1. The van der Waals surface area contributed by atoms with E-state index in [1.807, 2.05) is 29.7 Å². The normalized spacial score (nSPS) is 12.0. The predicted octanol–water partition coefficient (Wildman–Crippen LogP) is 3.86. The number of fused-ring (bicyclic) bond motifs is 2. The molecular formula is C19H15N3O3S2. The third-order valence-electron chi connectivity index (χ3n) is 4.20. The van der Waals surface area contributed by atoms with E-state index < -0.39 is 0 Å². The van der Waals surface area contributed by atoms with Crippen molar-refractivity contribution in [3.8, 4) is 0 Å². The number of aromatic nitrogens is 2. The molecule has 0 fully saturated rings. The van der Waals surface area contributed by atoms with Gasteiger partial charge in [-0.1, -0.05) is 11.3 Å². The van der Waals surface area contributed by atoms with Crippen LogP contribution in [0, 0.1) is 0 Å². The minimum Gasteiger partial charge on any atom is -0.465 e. The fourth-order valence-electron chi connectivity index (χ4n) is 2.85. The molecule has 8 heteroatoms. The van der Waals surface area contributed by atoms with Crippen molar-refractivity contribution < 1.29 is 14.3 Å². The number of rotatable bonds is 3. The second kappa shape index (κ2) is 7.05. The van der Waals surface area contributed by atoms with Gasteiger partial charge in [-0.15, -0.1) is 11.3 Å². The minimum absolute atomic E-state index is 0.299. The van der Waals surface area contributed by atoms with Gasteiger partial charge in [0.25, 0.3) is 5.91 Å². The Morgan fingerprint density at radius 2 is 1.93 bits per heavy atom. The van der Waals surface area contributed by atoms with Crippen LogP contribution in [0.25, 0.3) is 20.4 Å². The first-order chi connectivity index (χ1) is 13.1. The predicted molar refractivity (Wildman–Crippen MR) is 106 cm³/mol. The van der Waals surface area contributed by atoms with Crippen LogP contribution in [0.2, 0.25) is 0 Å². The number of esters is 1. The summed E-state index contributed by atoms with van der Waals surface area (Å²) in [4.78, 5) is 33.6. The van der Waals surface area contributed by atoms with Gasteiger partial charge in [-0.3, -0.25) is 4.79 Å². The van der Waals surface area contributed by atoms with Gasteiger partial charge in [0.2, 0.25) is 0 Å². The molecular weight excluding hydrogens is 382 g/mol. The number of nitrogens with zero attached hydrogens (tertiary/aromatic N) is 3. The van der Waals surface area contributed by atoms with E-state index in [-0.39, 0.29) is 11.9 Å². The lowest BCUT2D eigenvalue weighted by molar-refractivity contribution is 0.0601. The lowest BCUT2D eigenvalue weighted by Gasteiger charge is -2.02. The van der Waals surface area contributed by atoms with E-state index in [1.165, 1.54) is 29.8 Å². The van der Waals surface area contributed by atoms with Gasteiger partial charge in [0.1, 0.15) is 0 Å². The molecule has 0 saturated heterocycles. The highest BCUT2D eigenvalue weighted by molar-refractivity contribution is 7.17. The first-order valence-corrected chi connectivity index (χ1v) is 9.94. The second-order valence-corrected chi connectivity index (χ2v) is 7.65. The summed E-state index contributed by atoms with van der Waals surface area (Å²) in [5, 5.41) is 0. The van der Waals surface area contributed by atoms with Crippen molar-refractivity contribution in [2.75, 3.05) is 7.11 Å². The van der Waals surface area contributed by atoms with Gasteiger partial charge in [0, 0.05) is 12.1 Å². The van der Waals surface area contributed by atoms with E-state index >= 15 is 0 Å². The quantitative estimate of drug-likeness (QED) is 0.492. The number of amides is 1. The first-order valence-electron chi connectivity index (χ1n) is 8.24. The lowest BCUT2D eigenvalue weighted by Crippen LogP contribution is -2.15. The van der Waals surface area contributed by atoms with E-state index in [2.05, 4.69) is 9.98 Å². The number of hydrogen-bond acceptors (Lipinski definition) is 6. The van der Waals surface area contributed by atoms with E-state index in [0.717, 1.165) is 20.4 Å². The second-order valence-electron chi connectivity index (χ2n) is 5.75. The van der Waals surface area contributed by atoms with Crippen LogP contribution in [0.4, 0.5) is 0 Å². The van der Waals surface area contributed by atoms with Gasteiger partial charge >= 0.3 is 5.97 Å². The molecule has 0 aliphatic rings.